The highest BCUT2D eigenvalue weighted by Crippen LogP contribution is 2.22. The molecule has 0 spiro atoms. The van der Waals surface area contributed by atoms with Crippen LogP contribution in [0.25, 0.3) is 0 Å². The maximum absolute atomic E-state index is 11.3. The van der Waals surface area contributed by atoms with Gasteiger partial charge in [0.05, 0.1) is 11.4 Å². The molecule has 0 unspecified atom stereocenters. The summed E-state index contributed by atoms with van der Waals surface area (Å²) in [6, 6.07) is 7.58. The summed E-state index contributed by atoms with van der Waals surface area (Å²) >= 11 is 1.62. The summed E-state index contributed by atoms with van der Waals surface area (Å²) in [6.45, 7) is 0. The lowest BCUT2D eigenvalue weighted by Crippen LogP contribution is -2.35. The predicted molar refractivity (Wildman–Crippen MR) is 47.8 cm³/mol. The van der Waals surface area contributed by atoms with Crippen LogP contribution in [0.15, 0.2) is 29.2 Å². The Labute approximate surface area is 74.5 Å². The fourth-order valence-electron chi connectivity index (χ4n) is 1.08. The van der Waals surface area contributed by atoms with Crippen molar-refractivity contribution in [3.8, 4) is 0 Å². The minimum absolute atomic E-state index is 0.0596. The first-order valence-corrected chi connectivity index (χ1v) is 4.61. The first-order valence-electron chi connectivity index (χ1n) is 3.63. The Morgan fingerprint density at radius 1 is 1.33 bits per heavy atom. The van der Waals surface area contributed by atoms with Gasteiger partial charge in [-0.15, -0.1) is 11.8 Å². The summed E-state index contributed by atoms with van der Waals surface area (Å²) in [4.78, 5) is 12.3. The number of hydrogen-bond acceptors (Lipinski definition) is 3. The van der Waals surface area contributed by atoms with Crippen LogP contribution in [-0.2, 0) is 0 Å². The number of thioether (sulfide) groups is 1. The monoisotopic (exact) mass is 180 g/mol. The second-order valence-electron chi connectivity index (χ2n) is 2.42. The molecular formula is C8H8N2OS. The van der Waals surface area contributed by atoms with Crippen LogP contribution in [0.3, 0.4) is 0 Å². The first kappa shape index (κ1) is 7.64. The lowest BCUT2D eigenvalue weighted by molar-refractivity contribution is 0.0935. The second-order valence-corrected chi connectivity index (χ2v) is 3.43. The minimum Gasteiger partial charge on any atom is -0.287 e. The third kappa shape index (κ3) is 1.31. The second kappa shape index (κ2) is 3.16. The highest BCUT2D eigenvalue weighted by molar-refractivity contribution is 7.99. The van der Waals surface area contributed by atoms with E-state index in [-0.39, 0.29) is 5.91 Å². The number of amides is 1. The topological polar surface area (TPSA) is 41.1 Å². The van der Waals surface area contributed by atoms with Crippen LogP contribution >= 0.6 is 11.8 Å². The average molecular weight is 180 g/mol. The summed E-state index contributed by atoms with van der Waals surface area (Å²) in [5.74, 6) is 0.651. The zero-order valence-electron chi connectivity index (χ0n) is 6.33. The molecule has 1 heterocycles. The molecule has 12 heavy (non-hydrogen) atoms. The summed E-state index contributed by atoms with van der Waals surface area (Å²) in [5, 5.41) is 0. The molecule has 0 radical (unpaired) electrons. The van der Waals surface area contributed by atoms with Crippen LogP contribution in [0.5, 0.6) is 0 Å². The standard InChI is InChI=1S/C8H8N2OS/c11-8-6-3-1-2-4-7(6)12-5-9-10-8/h1-4,9H,5H2,(H,10,11). The molecule has 0 aromatic heterocycles. The Balaban J connectivity index is 2.46. The van der Waals surface area contributed by atoms with Crippen LogP contribution in [0, 0.1) is 0 Å². The molecule has 3 nitrogen and oxygen atoms in total. The number of fused-ring (bicyclic) bond motifs is 1. The number of benzene rings is 1. The van der Waals surface area contributed by atoms with Crippen molar-refractivity contribution in [3.05, 3.63) is 29.8 Å². The van der Waals surface area contributed by atoms with Gasteiger partial charge < -0.3 is 0 Å². The Kier molecular flexibility index (Phi) is 2.01. The van der Waals surface area contributed by atoms with E-state index in [1.165, 1.54) is 0 Å². The summed E-state index contributed by atoms with van der Waals surface area (Å²) in [6.07, 6.45) is 0. The number of carbonyl (C=O) groups is 1. The van der Waals surface area contributed by atoms with Gasteiger partial charge in [-0.3, -0.25) is 10.2 Å². The maximum atomic E-state index is 11.3. The van der Waals surface area contributed by atoms with Crippen molar-refractivity contribution in [1.82, 2.24) is 10.9 Å². The van der Waals surface area contributed by atoms with E-state index in [4.69, 9.17) is 0 Å². The molecule has 4 heteroatoms. The van der Waals surface area contributed by atoms with Gasteiger partial charge in [-0.1, -0.05) is 12.1 Å². The highest BCUT2D eigenvalue weighted by Gasteiger charge is 2.13. The molecule has 1 aliphatic rings. The lowest BCUT2D eigenvalue weighted by Gasteiger charge is -2.00. The van der Waals surface area contributed by atoms with Crippen molar-refractivity contribution in [3.63, 3.8) is 0 Å². The molecule has 0 saturated carbocycles. The molecule has 0 saturated heterocycles. The maximum Gasteiger partial charge on any atom is 0.266 e. The molecule has 2 rings (SSSR count). The van der Waals surface area contributed by atoms with Gasteiger partial charge in [0.1, 0.15) is 0 Å². The van der Waals surface area contributed by atoms with E-state index >= 15 is 0 Å². The Morgan fingerprint density at radius 2 is 2.17 bits per heavy atom. The zero-order chi connectivity index (χ0) is 8.39. The predicted octanol–water partition coefficient (Wildman–Crippen LogP) is 0.984. The molecule has 0 atom stereocenters. The molecule has 0 aliphatic carbocycles. The van der Waals surface area contributed by atoms with Gasteiger partial charge in [-0.05, 0) is 12.1 Å². The van der Waals surface area contributed by atoms with Gasteiger partial charge in [0.15, 0.2) is 0 Å². The Morgan fingerprint density at radius 3 is 3.08 bits per heavy atom. The van der Waals surface area contributed by atoms with Gasteiger partial charge in [-0.2, -0.15) is 0 Å². The molecule has 62 valence electrons. The van der Waals surface area contributed by atoms with Gasteiger partial charge in [-0.25, -0.2) is 5.43 Å². The van der Waals surface area contributed by atoms with Gasteiger partial charge in [0, 0.05) is 4.90 Å². The van der Waals surface area contributed by atoms with E-state index < -0.39 is 0 Å². The van der Waals surface area contributed by atoms with Crippen molar-refractivity contribution in [2.75, 3.05) is 5.88 Å². The van der Waals surface area contributed by atoms with E-state index in [9.17, 15) is 4.79 Å². The fraction of sp³-hybridized carbons (Fsp3) is 0.125. The van der Waals surface area contributed by atoms with Gasteiger partial charge in [0.25, 0.3) is 5.91 Å². The molecular weight excluding hydrogens is 172 g/mol. The van der Waals surface area contributed by atoms with Gasteiger partial charge >= 0.3 is 0 Å². The van der Waals surface area contributed by atoms with E-state index in [1.807, 2.05) is 24.3 Å². The van der Waals surface area contributed by atoms with Crippen LogP contribution in [0.4, 0.5) is 0 Å². The first-order chi connectivity index (χ1) is 5.88. The van der Waals surface area contributed by atoms with Crippen molar-refractivity contribution in [2.24, 2.45) is 0 Å². The normalized spacial score (nSPS) is 16.2. The van der Waals surface area contributed by atoms with Gasteiger partial charge in [0.2, 0.25) is 0 Å². The molecule has 0 fully saturated rings. The molecule has 1 aliphatic heterocycles. The third-order valence-corrected chi connectivity index (χ3v) is 2.59. The van der Waals surface area contributed by atoms with E-state index in [0.29, 0.717) is 5.88 Å². The van der Waals surface area contributed by atoms with E-state index in [2.05, 4.69) is 10.9 Å². The Bertz CT molecular complexity index is 314. The molecule has 0 bridgehead atoms. The average Bonchev–Trinajstić information content (AvgIpc) is 2.29. The molecule has 2 N–H and O–H groups in total. The smallest absolute Gasteiger partial charge is 0.266 e. The van der Waals surface area contributed by atoms with Crippen LogP contribution in [0.2, 0.25) is 0 Å². The highest BCUT2D eigenvalue weighted by atomic mass is 32.2. The SMILES string of the molecule is O=C1NNCSc2ccccc21. The fourth-order valence-corrected chi connectivity index (χ4v) is 1.87. The summed E-state index contributed by atoms with van der Waals surface area (Å²) in [7, 11) is 0. The molecule has 1 aromatic rings. The number of nitrogens with one attached hydrogen (secondary N) is 2. The van der Waals surface area contributed by atoms with Crippen LogP contribution in [-0.4, -0.2) is 11.8 Å². The summed E-state index contributed by atoms with van der Waals surface area (Å²) in [5.41, 5.74) is 6.14. The quantitative estimate of drug-likeness (QED) is 0.625. The lowest BCUT2D eigenvalue weighted by atomic mass is 10.2. The number of rotatable bonds is 0. The zero-order valence-corrected chi connectivity index (χ0v) is 7.15. The summed E-state index contributed by atoms with van der Waals surface area (Å²) < 4.78 is 0. The van der Waals surface area contributed by atoms with E-state index in [0.717, 1.165) is 10.5 Å². The van der Waals surface area contributed by atoms with E-state index in [1.54, 1.807) is 11.8 Å². The van der Waals surface area contributed by atoms with Crippen molar-refractivity contribution >= 4 is 17.7 Å². The minimum atomic E-state index is -0.0596. The largest absolute Gasteiger partial charge is 0.287 e. The molecule has 1 amide bonds. The Hall–Kier alpha value is -1.00. The molecule has 1 aromatic carbocycles. The number of hydrogen-bond donors (Lipinski definition) is 2. The van der Waals surface area contributed by atoms with Crippen molar-refractivity contribution in [1.29, 1.82) is 0 Å². The van der Waals surface area contributed by atoms with Crippen molar-refractivity contribution < 1.29 is 4.79 Å². The van der Waals surface area contributed by atoms with Crippen LogP contribution in [0.1, 0.15) is 10.4 Å². The number of hydrazine groups is 1. The van der Waals surface area contributed by atoms with Crippen LogP contribution < -0.4 is 10.9 Å². The number of carbonyl (C=O) groups excluding carboxylic acids is 1. The third-order valence-electron chi connectivity index (χ3n) is 1.63. The van der Waals surface area contributed by atoms with Crippen molar-refractivity contribution in [2.45, 2.75) is 4.90 Å².